The fraction of sp³-hybridized carbons (Fsp3) is 0.900. The Kier molecular flexibility index (Phi) is 2.25. The van der Waals surface area contributed by atoms with Crippen molar-refractivity contribution in [1.82, 2.24) is 0 Å². The second kappa shape index (κ2) is 3.04. The molecule has 0 saturated heterocycles. The number of aldehydes is 1. The number of rotatable bonds is 2. The molecule has 0 heterocycles. The third-order valence-corrected chi connectivity index (χ3v) is 5.77. The molecule has 3 fully saturated rings. The van der Waals surface area contributed by atoms with Gasteiger partial charge in [0.05, 0.1) is 5.25 Å². The molecule has 0 unspecified atom stereocenters. The summed E-state index contributed by atoms with van der Waals surface area (Å²) in [6, 6.07) is 0. The van der Waals surface area contributed by atoms with Gasteiger partial charge in [0.2, 0.25) is 0 Å². The van der Waals surface area contributed by atoms with Crippen LogP contribution >= 0.6 is 0 Å². The van der Waals surface area contributed by atoms with E-state index in [1.54, 1.807) is 0 Å². The van der Waals surface area contributed by atoms with Gasteiger partial charge in [0.1, 0.15) is 6.29 Å². The highest BCUT2D eigenvalue weighted by Crippen LogP contribution is 2.61. The van der Waals surface area contributed by atoms with E-state index in [1.165, 1.54) is 0 Å². The first-order chi connectivity index (χ1) is 6.78. The monoisotopic (exact) mass is 232 g/mol. The lowest BCUT2D eigenvalue weighted by Gasteiger charge is -2.60. The summed E-state index contributed by atoms with van der Waals surface area (Å²) in [5, 5.41) is -0.869. The van der Waals surface area contributed by atoms with Gasteiger partial charge in [-0.3, -0.25) is 4.55 Å². The molecule has 5 heteroatoms. The lowest BCUT2D eigenvalue weighted by atomic mass is 9.45. The minimum atomic E-state index is -4.07. The van der Waals surface area contributed by atoms with Crippen molar-refractivity contribution in [2.24, 2.45) is 23.2 Å². The average Bonchev–Trinajstić information content (AvgIpc) is 2.14. The third kappa shape index (κ3) is 1.44. The van der Waals surface area contributed by atoms with Crippen LogP contribution in [0.15, 0.2) is 0 Å². The highest BCUT2D eigenvalue weighted by Gasteiger charge is 2.60. The predicted octanol–water partition coefficient (Wildman–Crippen LogP) is 1.12. The zero-order valence-electron chi connectivity index (χ0n) is 8.88. The lowest BCUT2D eigenvalue weighted by Crippen LogP contribution is -2.59. The molecule has 15 heavy (non-hydrogen) atoms. The smallest absolute Gasteiger partial charge is 0.268 e. The van der Waals surface area contributed by atoms with Crippen LogP contribution in [-0.2, 0) is 14.9 Å². The Morgan fingerprint density at radius 1 is 1.33 bits per heavy atom. The first kappa shape index (κ1) is 11.1. The summed E-state index contributed by atoms with van der Waals surface area (Å²) in [5.74, 6) is -0.0914. The van der Waals surface area contributed by atoms with Crippen molar-refractivity contribution in [2.75, 3.05) is 0 Å². The summed E-state index contributed by atoms with van der Waals surface area (Å²) in [5.41, 5.74) is 0.0484. The van der Waals surface area contributed by atoms with Gasteiger partial charge in [0, 0.05) is 5.92 Å². The second-order valence-electron chi connectivity index (χ2n) is 5.36. The van der Waals surface area contributed by atoms with E-state index < -0.39 is 21.3 Å². The first-order valence-corrected chi connectivity index (χ1v) is 6.70. The number of hydrogen-bond donors (Lipinski definition) is 1. The van der Waals surface area contributed by atoms with Crippen molar-refractivity contribution >= 4 is 16.4 Å². The second-order valence-corrected chi connectivity index (χ2v) is 7.00. The molecule has 0 aliphatic heterocycles. The van der Waals surface area contributed by atoms with Gasteiger partial charge in [-0.2, -0.15) is 8.42 Å². The predicted molar refractivity (Wildman–Crippen MR) is 54.9 cm³/mol. The highest BCUT2D eigenvalue weighted by atomic mass is 32.2. The lowest BCUT2D eigenvalue weighted by molar-refractivity contribution is -0.134. The summed E-state index contributed by atoms with van der Waals surface area (Å²) in [6.07, 6.45) is 2.05. The molecule has 4 atom stereocenters. The van der Waals surface area contributed by atoms with E-state index in [0.29, 0.717) is 18.6 Å². The van der Waals surface area contributed by atoms with Gasteiger partial charge in [0.15, 0.2) is 0 Å². The molecule has 0 spiro atoms. The molecule has 0 aromatic carbocycles. The van der Waals surface area contributed by atoms with Crippen LogP contribution in [0.3, 0.4) is 0 Å². The molecule has 1 N–H and O–H groups in total. The fourth-order valence-corrected chi connectivity index (χ4v) is 4.44. The summed E-state index contributed by atoms with van der Waals surface area (Å²) >= 11 is 0. The van der Waals surface area contributed by atoms with E-state index in [-0.39, 0.29) is 11.3 Å². The van der Waals surface area contributed by atoms with Gasteiger partial charge in [-0.05, 0) is 30.1 Å². The Hall–Kier alpha value is -0.420. The van der Waals surface area contributed by atoms with Crippen LogP contribution in [0.2, 0.25) is 0 Å². The quantitative estimate of drug-likeness (QED) is 0.572. The van der Waals surface area contributed by atoms with E-state index in [1.807, 2.05) is 0 Å². The van der Waals surface area contributed by atoms with E-state index in [2.05, 4.69) is 13.8 Å². The molecule has 0 amide bonds. The van der Waals surface area contributed by atoms with E-state index >= 15 is 0 Å². The van der Waals surface area contributed by atoms with E-state index in [0.717, 1.165) is 6.42 Å². The van der Waals surface area contributed by atoms with Crippen LogP contribution in [0, 0.1) is 23.2 Å². The van der Waals surface area contributed by atoms with Crippen LogP contribution in [-0.4, -0.2) is 24.5 Å². The minimum Gasteiger partial charge on any atom is -0.303 e. The summed E-state index contributed by atoms with van der Waals surface area (Å²) in [6.45, 7) is 4.14. The van der Waals surface area contributed by atoms with Crippen molar-refractivity contribution in [2.45, 2.75) is 31.9 Å². The zero-order valence-corrected chi connectivity index (χ0v) is 9.70. The number of carbonyl (C=O) groups is 1. The van der Waals surface area contributed by atoms with E-state index in [4.69, 9.17) is 4.55 Å². The van der Waals surface area contributed by atoms with Gasteiger partial charge in [-0.15, -0.1) is 0 Å². The summed E-state index contributed by atoms with van der Waals surface area (Å²) in [4.78, 5) is 11.0. The summed E-state index contributed by atoms with van der Waals surface area (Å²) < 4.78 is 31.3. The van der Waals surface area contributed by atoms with Crippen LogP contribution in [0.1, 0.15) is 26.7 Å². The molecule has 3 rings (SSSR count). The van der Waals surface area contributed by atoms with Gasteiger partial charge < -0.3 is 4.79 Å². The Bertz CT molecular complexity index is 384. The molecular formula is C10H16O4S. The van der Waals surface area contributed by atoms with Gasteiger partial charge in [-0.25, -0.2) is 0 Å². The average molecular weight is 232 g/mol. The largest absolute Gasteiger partial charge is 0.303 e. The minimum absolute atomic E-state index is 0.0484. The van der Waals surface area contributed by atoms with Crippen molar-refractivity contribution in [1.29, 1.82) is 0 Å². The highest BCUT2D eigenvalue weighted by molar-refractivity contribution is 7.86. The molecule has 3 aliphatic rings. The van der Waals surface area contributed by atoms with Crippen LogP contribution < -0.4 is 0 Å². The van der Waals surface area contributed by atoms with Gasteiger partial charge in [-0.1, -0.05) is 13.8 Å². The van der Waals surface area contributed by atoms with Crippen molar-refractivity contribution in [3.05, 3.63) is 0 Å². The number of carbonyl (C=O) groups excluding carboxylic acids is 1. The van der Waals surface area contributed by atoms with Crippen molar-refractivity contribution < 1.29 is 17.8 Å². The maximum Gasteiger partial charge on any atom is 0.268 e. The summed E-state index contributed by atoms with van der Waals surface area (Å²) in [7, 11) is -4.07. The molecule has 0 aromatic heterocycles. The molecule has 3 saturated carbocycles. The van der Waals surface area contributed by atoms with Crippen LogP contribution in [0.4, 0.5) is 0 Å². The van der Waals surface area contributed by atoms with Gasteiger partial charge >= 0.3 is 0 Å². The van der Waals surface area contributed by atoms with Crippen molar-refractivity contribution in [3.8, 4) is 0 Å². The molecule has 0 aromatic rings. The maximum absolute atomic E-state index is 11.1. The molecular weight excluding hydrogens is 216 g/mol. The maximum atomic E-state index is 11.1. The number of hydrogen-bond acceptors (Lipinski definition) is 3. The Balaban J connectivity index is 2.31. The van der Waals surface area contributed by atoms with Gasteiger partial charge in [0.25, 0.3) is 10.1 Å². The molecule has 0 radical (unpaired) electrons. The molecule has 4 nitrogen and oxygen atoms in total. The first-order valence-electron chi connectivity index (χ1n) is 5.20. The normalized spacial score (nSPS) is 43.1. The Morgan fingerprint density at radius 2 is 1.93 bits per heavy atom. The number of fused-ring (bicyclic) bond motifs is 2. The van der Waals surface area contributed by atoms with E-state index in [9.17, 15) is 13.2 Å². The molecule has 3 aliphatic carbocycles. The topological polar surface area (TPSA) is 71.4 Å². The standard InChI is InChI=1S/C10H16O4S/c1-10(2)6-3-8(10)7(5-11)9(4-6)15(12,13)14/h5-9H,3-4H2,1-2H3,(H,12,13,14)/t6-,7+,8+,9+/m1/s1. The van der Waals surface area contributed by atoms with Crippen molar-refractivity contribution in [3.63, 3.8) is 0 Å². The molecule has 2 bridgehead atoms. The fourth-order valence-electron chi connectivity index (χ4n) is 3.31. The Morgan fingerprint density at radius 3 is 2.33 bits per heavy atom. The molecule has 86 valence electrons. The SMILES string of the molecule is CC1(C)[C@@H]2C[C@H]1[C@H](C=O)[C@@H](S(=O)(=O)O)C2. The zero-order chi connectivity index (χ0) is 11.4. The Labute approximate surface area is 89.8 Å². The third-order valence-electron chi connectivity index (χ3n) is 4.50. The van der Waals surface area contributed by atoms with Crippen LogP contribution in [0.25, 0.3) is 0 Å². The van der Waals surface area contributed by atoms with Crippen LogP contribution in [0.5, 0.6) is 0 Å².